The van der Waals surface area contributed by atoms with Gasteiger partial charge >= 0.3 is 53.7 Å². The summed E-state index contributed by atoms with van der Waals surface area (Å²) in [7, 11) is 0. The van der Waals surface area contributed by atoms with Gasteiger partial charge in [0, 0.05) is 18.8 Å². The van der Waals surface area contributed by atoms with E-state index in [-0.39, 0.29) is 96.9 Å². The maximum Gasteiger partial charge on any atom is 0.343 e. The maximum atomic E-state index is 12.8. The summed E-state index contributed by atoms with van der Waals surface area (Å²) in [4.78, 5) is 110. The molecule has 0 heterocycles. The molecule has 0 atom stereocenters. The number of carbonyl (C=O) groups is 9. The van der Waals surface area contributed by atoms with E-state index in [9.17, 15) is 43.2 Å². The number of hydrogen-bond acceptors (Lipinski definition) is 21. The van der Waals surface area contributed by atoms with Crippen molar-refractivity contribution in [1.29, 1.82) is 0 Å². The molecule has 0 N–H and O–H groups in total. The third kappa shape index (κ3) is 24.3. The van der Waals surface area contributed by atoms with Crippen molar-refractivity contribution in [3.63, 3.8) is 0 Å². The Kier molecular flexibility index (Phi) is 28.1. The van der Waals surface area contributed by atoms with Crippen LogP contribution < -0.4 is 28.4 Å². The Morgan fingerprint density at radius 2 is 0.523 bits per heavy atom. The van der Waals surface area contributed by atoms with Crippen LogP contribution in [0, 0.1) is 0 Å². The van der Waals surface area contributed by atoms with Gasteiger partial charge in [-0.25, -0.2) is 38.4 Å². The minimum absolute atomic E-state index is 0.0787. The fourth-order valence-corrected chi connectivity index (χ4v) is 7.45. The second-order valence-corrected chi connectivity index (χ2v) is 18.8. The number of esters is 9. The standard InChI is InChI=1S/C67H66O21/c1-3-59(68)80-41-8-7-40-79-54-27-15-50(16-28-54)65(74)88-58-35-23-52(24-36-58)67(76)86-56-31-19-48(20-32-56)63(72)84-45-12-10-43-82-61(70)37-46-77-38-5-6-39-78-53-25-13-49(14-26-53)64(73)87-57-33-21-51(22-34-57)66(75)85-55-29-17-47(18-30-55)62(71)83-44-11-9-42-81-60(69)4-2/h3-4,13-36H,1-2,5-12,37-46H2. The Morgan fingerprint density at radius 1 is 0.273 bits per heavy atom. The van der Waals surface area contributed by atoms with Crippen LogP contribution in [-0.4, -0.2) is 113 Å². The van der Waals surface area contributed by atoms with Gasteiger partial charge in [0.25, 0.3) is 0 Å². The minimum atomic E-state index is -0.669. The number of rotatable bonds is 37. The zero-order valence-electron chi connectivity index (χ0n) is 48.2. The van der Waals surface area contributed by atoms with Crippen LogP contribution in [0.3, 0.4) is 0 Å². The van der Waals surface area contributed by atoms with Crippen LogP contribution in [0.15, 0.2) is 171 Å². The van der Waals surface area contributed by atoms with Gasteiger partial charge in [0.15, 0.2) is 0 Å². The molecule has 21 nitrogen and oxygen atoms in total. The highest BCUT2D eigenvalue weighted by molar-refractivity contribution is 5.95. The molecular weight excluding hydrogens is 1140 g/mol. The van der Waals surface area contributed by atoms with Gasteiger partial charge in [0.2, 0.25) is 0 Å². The summed E-state index contributed by atoms with van der Waals surface area (Å²) in [6.07, 6.45) is 6.86. The predicted octanol–water partition coefficient (Wildman–Crippen LogP) is 10.9. The number of carbonyl (C=O) groups excluding carboxylic acids is 9. The molecule has 0 aliphatic heterocycles. The lowest BCUT2D eigenvalue weighted by molar-refractivity contribution is -0.145. The zero-order valence-corrected chi connectivity index (χ0v) is 48.2. The van der Waals surface area contributed by atoms with Crippen LogP contribution in [0.4, 0.5) is 0 Å². The lowest BCUT2D eigenvalue weighted by Crippen LogP contribution is -2.11. The second-order valence-electron chi connectivity index (χ2n) is 18.8. The predicted molar refractivity (Wildman–Crippen MR) is 316 cm³/mol. The topological polar surface area (TPSA) is 264 Å². The van der Waals surface area contributed by atoms with Crippen molar-refractivity contribution in [3.8, 4) is 34.5 Å². The molecule has 88 heavy (non-hydrogen) atoms. The fourth-order valence-electron chi connectivity index (χ4n) is 7.45. The molecule has 21 heteroatoms. The monoisotopic (exact) mass is 1210 g/mol. The Labute approximate surface area is 507 Å². The third-order valence-electron chi connectivity index (χ3n) is 12.2. The molecule has 6 aromatic rings. The lowest BCUT2D eigenvalue weighted by atomic mass is 10.2. The average molecular weight is 1210 g/mol. The van der Waals surface area contributed by atoms with E-state index in [1.807, 2.05) is 0 Å². The first-order valence-corrected chi connectivity index (χ1v) is 28.2. The highest BCUT2D eigenvalue weighted by atomic mass is 16.6. The molecule has 0 aliphatic rings. The molecule has 0 bridgehead atoms. The highest BCUT2D eigenvalue weighted by Gasteiger charge is 2.17. The summed E-state index contributed by atoms with van der Waals surface area (Å²) in [5.74, 6) is -3.14. The van der Waals surface area contributed by atoms with Crippen molar-refractivity contribution >= 4 is 53.7 Å². The van der Waals surface area contributed by atoms with Crippen molar-refractivity contribution < 1.29 is 100.0 Å². The Hall–Kier alpha value is -10.4. The van der Waals surface area contributed by atoms with Crippen molar-refractivity contribution in [2.75, 3.05) is 59.5 Å². The van der Waals surface area contributed by atoms with Crippen LogP contribution in [0.1, 0.15) is 120 Å². The smallest absolute Gasteiger partial charge is 0.343 e. The Bertz CT molecular complexity index is 3260. The normalized spacial score (nSPS) is 10.5. The molecule has 0 saturated carbocycles. The summed E-state index contributed by atoms with van der Waals surface area (Å²) in [5.41, 5.74) is 1.48. The van der Waals surface area contributed by atoms with Crippen LogP contribution >= 0.6 is 0 Å². The molecule has 6 aromatic carbocycles. The van der Waals surface area contributed by atoms with Crippen LogP contribution in [0.5, 0.6) is 34.5 Å². The first-order valence-electron chi connectivity index (χ1n) is 28.2. The summed E-state index contributed by atoms with van der Waals surface area (Å²) < 4.78 is 64.4. The molecule has 460 valence electrons. The number of hydrogen-bond donors (Lipinski definition) is 0. The highest BCUT2D eigenvalue weighted by Crippen LogP contribution is 2.22. The number of benzene rings is 6. The van der Waals surface area contributed by atoms with Crippen molar-refractivity contribution in [2.45, 2.75) is 57.8 Å². The Morgan fingerprint density at radius 3 is 0.830 bits per heavy atom. The van der Waals surface area contributed by atoms with Crippen LogP contribution in [0.25, 0.3) is 0 Å². The average Bonchev–Trinajstić information content (AvgIpc) is 3.69. The van der Waals surface area contributed by atoms with E-state index in [4.69, 9.17) is 56.8 Å². The van der Waals surface area contributed by atoms with Gasteiger partial charge in [0.05, 0.1) is 92.7 Å². The summed E-state index contributed by atoms with van der Waals surface area (Å²) in [5, 5.41) is 0. The first-order chi connectivity index (χ1) is 42.8. The molecule has 0 fully saturated rings. The van der Waals surface area contributed by atoms with Gasteiger partial charge in [0.1, 0.15) is 34.5 Å². The van der Waals surface area contributed by atoms with Gasteiger partial charge in [-0.2, -0.15) is 0 Å². The largest absolute Gasteiger partial charge is 0.494 e. The van der Waals surface area contributed by atoms with Gasteiger partial charge in [-0.3, -0.25) is 4.79 Å². The Balaban J connectivity index is 0.741. The number of ether oxygens (including phenoxy) is 12. The van der Waals surface area contributed by atoms with E-state index < -0.39 is 53.7 Å². The van der Waals surface area contributed by atoms with E-state index >= 15 is 0 Å². The van der Waals surface area contributed by atoms with E-state index in [1.165, 1.54) is 97.1 Å². The summed E-state index contributed by atoms with van der Waals surface area (Å²) in [6, 6.07) is 36.2. The van der Waals surface area contributed by atoms with Gasteiger partial charge in [-0.1, -0.05) is 13.2 Å². The van der Waals surface area contributed by atoms with Crippen molar-refractivity contribution in [2.24, 2.45) is 0 Å². The number of unbranched alkanes of at least 4 members (excludes halogenated alkanes) is 4. The van der Waals surface area contributed by atoms with E-state index in [1.54, 1.807) is 48.5 Å². The lowest BCUT2D eigenvalue weighted by Gasteiger charge is -2.09. The van der Waals surface area contributed by atoms with Gasteiger partial charge < -0.3 is 56.8 Å². The third-order valence-corrected chi connectivity index (χ3v) is 12.2. The van der Waals surface area contributed by atoms with Crippen molar-refractivity contribution in [3.05, 3.63) is 204 Å². The molecule has 0 amide bonds. The molecule has 0 saturated heterocycles. The van der Waals surface area contributed by atoms with Gasteiger partial charge in [-0.05, 0) is 197 Å². The molecule has 0 aliphatic carbocycles. The van der Waals surface area contributed by atoms with E-state index in [0.29, 0.717) is 88.2 Å². The maximum absolute atomic E-state index is 12.8. The SMILES string of the molecule is C=CC(=O)OCCCCOC(=O)c1ccc(OC(=O)c2ccc(OC(=O)c3ccc(OCCCCOCCC(=O)OCCCCOC(=O)c4ccc(OC(=O)c5ccc(OC(=O)c6ccc(OCCCCOC(=O)C=C)cc6)cc5)cc4)cc3)cc2)cc1. The summed E-state index contributed by atoms with van der Waals surface area (Å²) in [6.45, 7) is 8.92. The molecule has 6 rings (SSSR count). The van der Waals surface area contributed by atoms with Gasteiger partial charge in [-0.15, -0.1) is 0 Å². The molecule has 0 spiro atoms. The molecule has 0 aromatic heterocycles. The molecule has 0 radical (unpaired) electrons. The summed E-state index contributed by atoms with van der Waals surface area (Å²) >= 11 is 0. The second kappa shape index (κ2) is 37.1. The quantitative estimate of drug-likeness (QED) is 0.0115. The van der Waals surface area contributed by atoms with Crippen LogP contribution in [0.2, 0.25) is 0 Å². The van der Waals surface area contributed by atoms with Crippen molar-refractivity contribution in [1.82, 2.24) is 0 Å². The van der Waals surface area contributed by atoms with E-state index in [2.05, 4.69) is 13.2 Å². The first kappa shape index (κ1) is 66.7. The van der Waals surface area contributed by atoms with E-state index in [0.717, 1.165) is 12.2 Å². The fraction of sp³-hybridized carbons (Fsp3) is 0.269. The molecular formula is C67H66O21. The zero-order chi connectivity index (χ0) is 62.7. The van der Waals surface area contributed by atoms with Crippen LogP contribution in [-0.2, 0) is 42.8 Å². The molecule has 0 unspecified atom stereocenters. The minimum Gasteiger partial charge on any atom is -0.494 e.